The molecule has 0 saturated carbocycles. The number of halogens is 3. The molecule has 0 amide bonds. The van der Waals surface area contributed by atoms with Crippen molar-refractivity contribution < 1.29 is 13.2 Å². The molecule has 2 aromatic heterocycles. The van der Waals surface area contributed by atoms with Crippen LogP contribution in [0.4, 0.5) is 19.0 Å². The number of nitrogens with zero attached hydrogens (tertiary/aromatic N) is 4. The van der Waals surface area contributed by atoms with Crippen molar-refractivity contribution in [3.8, 4) is 5.69 Å². The van der Waals surface area contributed by atoms with Gasteiger partial charge in [-0.3, -0.25) is 0 Å². The minimum Gasteiger partial charge on any atom is -0.366 e. The van der Waals surface area contributed by atoms with Crippen LogP contribution in [0.5, 0.6) is 0 Å². The zero-order valence-corrected chi connectivity index (χ0v) is 14.6. The van der Waals surface area contributed by atoms with Gasteiger partial charge in [-0.2, -0.15) is 18.3 Å². The van der Waals surface area contributed by atoms with Gasteiger partial charge in [0.25, 0.3) is 0 Å². The second-order valence-electron chi connectivity index (χ2n) is 6.08. The molecule has 26 heavy (non-hydrogen) atoms. The first-order chi connectivity index (χ1) is 12.2. The van der Waals surface area contributed by atoms with Crippen LogP contribution in [-0.4, -0.2) is 19.7 Å². The summed E-state index contributed by atoms with van der Waals surface area (Å²) in [6, 6.07) is 7.73. The van der Waals surface area contributed by atoms with E-state index in [4.69, 9.17) is 0 Å². The average molecular weight is 361 g/mol. The molecule has 0 unspecified atom stereocenters. The topological polar surface area (TPSA) is 55.6 Å². The smallest absolute Gasteiger partial charge is 0.366 e. The third-order valence-electron chi connectivity index (χ3n) is 3.92. The van der Waals surface area contributed by atoms with E-state index in [-0.39, 0.29) is 12.1 Å². The molecule has 5 nitrogen and oxygen atoms in total. The second-order valence-corrected chi connectivity index (χ2v) is 6.08. The van der Waals surface area contributed by atoms with Gasteiger partial charge >= 0.3 is 6.18 Å². The lowest BCUT2D eigenvalue weighted by Crippen LogP contribution is -2.14. The van der Waals surface area contributed by atoms with E-state index in [0.29, 0.717) is 11.5 Å². The van der Waals surface area contributed by atoms with E-state index in [2.05, 4.69) is 20.4 Å². The molecule has 8 heteroatoms. The highest BCUT2D eigenvalue weighted by Gasteiger charge is 2.33. The third-order valence-corrected chi connectivity index (χ3v) is 3.92. The standard InChI is InChI=1S/C18H18F3N5/c1-11-7-17(24-10-23-11)22-9-14-4-5-15(8-16(14)18(19,20)21)26-13(3)6-12(2)25-26/h4-8,10H,9H2,1-3H3,(H,22,23,24). The Morgan fingerprint density at radius 2 is 1.77 bits per heavy atom. The second kappa shape index (κ2) is 6.78. The van der Waals surface area contributed by atoms with Crippen LogP contribution in [0.1, 0.15) is 28.2 Å². The first kappa shape index (κ1) is 17.9. The number of anilines is 1. The molecule has 3 rings (SSSR count). The van der Waals surface area contributed by atoms with Crippen molar-refractivity contribution >= 4 is 5.82 Å². The fourth-order valence-corrected chi connectivity index (χ4v) is 2.74. The van der Waals surface area contributed by atoms with Crippen LogP contribution in [0.2, 0.25) is 0 Å². The minimum atomic E-state index is -4.47. The van der Waals surface area contributed by atoms with E-state index < -0.39 is 11.7 Å². The Kier molecular flexibility index (Phi) is 4.67. The van der Waals surface area contributed by atoms with Gasteiger partial charge in [0, 0.05) is 24.0 Å². The molecule has 0 bridgehead atoms. The molecule has 0 aliphatic carbocycles. The summed E-state index contributed by atoms with van der Waals surface area (Å²) in [4.78, 5) is 7.97. The summed E-state index contributed by atoms with van der Waals surface area (Å²) in [7, 11) is 0. The zero-order valence-electron chi connectivity index (χ0n) is 14.6. The fraction of sp³-hybridized carbons (Fsp3) is 0.278. The number of aromatic nitrogens is 4. The molecule has 0 aliphatic rings. The van der Waals surface area contributed by atoms with Gasteiger partial charge in [0.1, 0.15) is 12.1 Å². The molecule has 3 aromatic rings. The number of nitrogens with one attached hydrogen (secondary N) is 1. The van der Waals surface area contributed by atoms with Crippen LogP contribution in [0.3, 0.4) is 0 Å². The molecule has 0 spiro atoms. The average Bonchev–Trinajstić information content (AvgIpc) is 2.90. The highest BCUT2D eigenvalue weighted by Crippen LogP contribution is 2.34. The van der Waals surface area contributed by atoms with E-state index >= 15 is 0 Å². The molecular weight excluding hydrogens is 343 g/mol. The van der Waals surface area contributed by atoms with E-state index in [1.807, 2.05) is 6.07 Å². The first-order valence-corrected chi connectivity index (χ1v) is 8.00. The van der Waals surface area contributed by atoms with Crippen molar-refractivity contribution in [1.82, 2.24) is 19.7 Å². The van der Waals surface area contributed by atoms with Crippen LogP contribution < -0.4 is 5.32 Å². The van der Waals surface area contributed by atoms with Crippen molar-refractivity contribution in [3.63, 3.8) is 0 Å². The van der Waals surface area contributed by atoms with Crippen molar-refractivity contribution in [2.75, 3.05) is 5.32 Å². The molecule has 0 saturated heterocycles. The van der Waals surface area contributed by atoms with Crippen molar-refractivity contribution in [3.05, 3.63) is 64.9 Å². The van der Waals surface area contributed by atoms with Gasteiger partial charge < -0.3 is 5.32 Å². The molecule has 0 aliphatic heterocycles. The van der Waals surface area contributed by atoms with Gasteiger partial charge in [-0.05, 0) is 44.5 Å². The first-order valence-electron chi connectivity index (χ1n) is 8.00. The molecule has 136 valence electrons. The SMILES string of the molecule is Cc1cc(NCc2ccc(-n3nc(C)cc3C)cc2C(F)(F)F)ncn1. The van der Waals surface area contributed by atoms with Gasteiger partial charge in [-0.25, -0.2) is 14.6 Å². The molecule has 1 aromatic carbocycles. The van der Waals surface area contributed by atoms with E-state index in [1.54, 1.807) is 32.9 Å². The summed E-state index contributed by atoms with van der Waals surface area (Å²) in [5.74, 6) is 0.480. The normalized spacial score (nSPS) is 11.6. The molecule has 0 fully saturated rings. The number of benzene rings is 1. The molecule has 2 heterocycles. The number of rotatable bonds is 4. The highest BCUT2D eigenvalue weighted by atomic mass is 19.4. The van der Waals surface area contributed by atoms with Crippen LogP contribution in [0.15, 0.2) is 36.7 Å². The van der Waals surface area contributed by atoms with Crippen molar-refractivity contribution in [1.29, 1.82) is 0 Å². The number of hydrogen-bond donors (Lipinski definition) is 1. The Balaban J connectivity index is 1.94. The molecule has 1 N–H and O–H groups in total. The summed E-state index contributed by atoms with van der Waals surface area (Å²) >= 11 is 0. The van der Waals surface area contributed by atoms with Gasteiger partial charge in [0.2, 0.25) is 0 Å². The Morgan fingerprint density at radius 3 is 2.38 bits per heavy atom. The van der Waals surface area contributed by atoms with Gasteiger partial charge in [0.05, 0.1) is 16.9 Å². The van der Waals surface area contributed by atoms with Crippen LogP contribution in [0, 0.1) is 20.8 Å². The van der Waals surface area contributed by atoms with Crippen LogP contribution >= 0.6 is 0 Å². The largest absolute Gasteiger partial charge is 0.416 e. The maximum absolute atomic E-state index is 13.6. The Bertz CT molecular complexity index is 931. The lowest BCUT2D eigenvalue weighted by Gasteiger charge is -2.16. The molecule has 0 radical (unpaired) electrons. The Hall–Kier alpha value is -2.90. The number of hydrogen-bond acceptors (Lipinski definition) is 4. The zero-order chi connectivity index (χ0) is 18.9. The van der Waals surface area contributed by atoms with Crippen LogP contribution in [-0.2, 0) is 12.7 Å². The summed E-state index contributed by atoms with van der Waals surface area (Å²) in [5, 5.41) is 7.17. The number of aryl methyl sites for hydroxylation is 3. The summed E-state index contributed by atoms with van der Waals surface area (Å²) in [6.07, 6.45) is -3.10. The predicted octanol–water partition coefficient (Wildman–Crippen LogP) is 4.22. The Morgan fingerprint density at radius 1 is 1.00 bits per heavy atom. The quantitative estimate of drug-likeness (QED) is 0.756. The molecule has 0 atom stereocenters. The maximum atomic E-state index is 13.6. The highest BCUT2D eigenvalue weighted by molar-refractivity contribution is 5.45. The van der Waals surface area contributed by atoms with Crippen molar-refractivity contribution in [2.45, 2.75) is 33.5 Å². The van der Waals surface area contributed by atoms with Gasteiger partial charge in [-0.15, -0.1) is 0 Å². The van der Waals surface area contributed by atoms with Crippen LogP contribution in [0.25, 0.3) is 5.69 Å². The number of alkyl halides is 3. The monoisotopic (exact) mass is 361 g/mol. The van der Waals surface area contributed by atoms with Crippen molar-refractivity contribution in [2.24, 2.45) is 0 Å². The Labute approximate surface area is 148 Å². The summed E-state index contributed by atoms with van der Waals surface area (Å²) < 4.78 is 42.2. The third kappa shape index (κ3) is 3.84. The van der Waals surface area contributed by atoms with E-state index in [9.17, 15) is 13.2 Å². The lowest BCUT2D eigenvalue weighted by molar-refractivity contribution is -0.138. The molecular formula is C18H18F3N5. The van der Waals surface area contributed by atoms with Gasteiger partial charge in [0.15, 0.2) is 0 Å². The summed E-state index contributed by atoms with van der Waals surface area (Å²) in [5.41, 5.74) is 2.08. The lowest BCUT2D eigenvalue weighted by atomic mass is 10.1. The maximum Gasteiger partial charge on any atom is 0.416 e. The predicted molar refractivity (Wildman–Crippen MR) is 92.1 cm³/mol. The minimum absolute atomic E-state index is 0.00267. The summed E-state index contributed by atoms with van der Waals surface area (Å²) in [6.45, 7) is 5.40. The van der Waals surface area contributed by atoms with E-state index in [0.717, 1.165) is 23.1 Å². The van der Waals surface area contributed by atoms with E-state index in [1.165, 1.54) is 17.1 Å². The van der Waals surface area contributed by atoms with Gasteiger partial charge in [-0.1, -0.05) is 6.07 Å². The fourth-order valence-electron chi connectivity index (χ4n) is 2.74.